The number of nitrogens with zero attached hydrogens (tertiary/aromatic N) is 4. The van der Waals surface area contributed by atoms with Gasteiger partial charge in [0.25, 0.3) is 0 Å². The standard InChI is InChI=1S/C18H32N4O9/c23-12-14(15(25)13-24)22-7-5-20(10-17(28)29)3-1-19(9-16(26)27)2-4-21(6-8-22)11-18(30)31/h14,23-24H,1-13H2,(H,26,27)(H,28,29)(H,30,31). The van der Waals surface area contributed by atoms with Gasteiger partial charge in [0.1, 0.15) is 6.61 Å². The topological polar surface area (TPSA) is 182 Å². The summed E-state index contributed by atoms with van der Waals surface area (Å²) >= 11 is 0. The van der Waals surface area contributed by atoms with Gasteiger partial charge in [-0.2, -0.15) is 0 Å². The molecule has 0 bridgehead atoms. The Morgan fingerprint density at radius 1 is 0.613 bits per heavy atom. The summed E-state index contributed by atoms with van der Waals surface area (Å²) in [7, 11) is 0. The quantitative estimate of drug-likeness (QED) is 0.221. The van der Waals surface area contributed by atoms with E-state index in [0.717, 1.165) is 0 Å². The Morgan fingerprint density at radius 3 is 1.19 bits per heavy atom. The van der Waals surface area contributed by atoms with E-state index in [0.29, 0.717) is 0 Å². The molecule has 0 spiro atoms. The first kappa shape index (κ1) is 26.9. The highest BCUT2D eigenvalue weighted by Crippen LogP contribution is 2.06. The highest BCUT2D eigenvalue weighted by molar-refractivity contribution is 5.85. The van der Waals surface area contributed by atoms with E-state index < -0.39 is 42.9 Å². The number of aliphatic hydroxyl groups excluding tert-OH is 2. The van der Waals surface area contributed by atoms with E-state index >= 15 is 0 Å². The van der Waals surface area contributed by atoms with Crippen molar-refractivity contribution in [1.29, 1.82) is 0 Å². The predicted octanol–water partition coefficient (Wildman–Crippen LogP) is -3.62. The van der Waals surface area contributed by atoms with E-state index in [4.69, 9.17) is 5.11 Å². The first-order valence-electron chi connectivity index (χ1n) is 9.97. The van der Waals surface area contributed by atoms with Crippen molar-refractivity contribution in [3.8, 4) is 0 Å². The van der Waals surface area contributed by atoms with E-state index in [1.165, 1.54) is 0 Å². The second-order valence-corrected chi connectivity index (χ2v) is 7.37. The van der Waals surface area contributed by atoms with Crippen molar-refractivity contribution in [2.75, 3.05) is 85.2 Å². The number of ketones is 1. The monoisotopic (exact) mass is 448 g/mol. The molecule has 1 aliphatic rings. The number of hydrogen-bond donors (Lipinski definition) is 5. The fourth-order valence-electron chi connectivity index (χ4n) is 3.44. The molecule has 1 unspecified atom stereocenters. The number of hydrogen-bond acceptors (Lipinski definition) is 10. The fourth-order valence-corrected chi connectivity index (χ4v) is 3.44. The SMILES string of the molecule is O=C(O)CN1CCN(CC(=O)O)CCN(C(CO)C(=O)CO)CCN(CC(=O)O)CC1. The minimum atomic E-state index is -1.05. The number of Topliss-reactive ketones (excluding diaryl/α,β-unsaturated/α-hetero) is 1. The maximum absolute atomic E-state index is 12.1. The number of carbonyl (C=O) groups is 4. The third-order valence-electron chi connectivity index (χ3n) is 5.09. The predicted molar refractivity (Wildman–Crippen MR) is 107 cm³/mol. The Balaban J connectivity index is 3.07. The zero-order valence-electron chi connectivity index (χ0n) is 17.4. The van der Waals surface area contributed by atoms with Crippen LogP contribution in [-0.2, 0) is 19.2 Å². The van der Waals surface area contributed by atoms with E-state index in [1.54, 1.807) is 19.6 Å². The summed E-state index contributed by atoms with van der Waals surface area (Å²) < 4.78 is 0. The van der Waals surface area contributed by atoms with Crippen molar-refractivity contribution in [3.63, 3.8) is 0 Å². The molecule has 1 rings (SSSR count). The molecule has 1 heterocycles. The molecule has 31 heavy (non-hydrogen) atoms. The Morgan fingerprint density at radius 2 is 0.935 bits per heavy atom. The molecule has 178 valence electrons. The molecule has 13 nitrogen and oxygen atoms in total. The molecule has 1 fully saturated rings. The first-order valence-corrected chi connectivity index (χ1v) is 9.97. The lowest BCUT2D eigenvalue weighted by Crippen LogP contribution is -2.53. The summed E-state index contributed by atoms with van der Waals surface area (Å²) in [6.07, 6.45) is 0. The van der Waals surface area contributed by atoms with Gasteiger partial charge in [0.15, 0.2) is 5.78 Å². The van der Waals surface area contributed by atoms with Crippen LogP contribution in [-0.4, -0.2) is 160 Å². The molecule has 0 aromatic heterocycles. The number of carbonyl (C=O) groups excluding carboxylic acids is 1. The van der Waals surface area contributed by atoms with Crippen LogP contribution in [0.15, 0.2) is 0 Å². The molecular formula is C18H32N4O9. The van der Waals surface area contributed by atoms with Gasteiger partial charge < -0.3 is 25.5 Å². The maximum Gasteiger partial charge on any atom is 0.317 e. The molecule has 0 amide bonds. The number of carboxylic acid groups (broad SMARTS) is 3. The fraction of sp³-hybridized carbons (Fsp3) is 0.778. The van der Waals surface area contributed by atoms with Crippen LogP contribution in [0.5, 0.6) is 0 Å². The molecule has 1 aliphatic heterocycles. The van der Waals surface area contributed by atoms with Gasteiger partial charge in [-0.3, -0.25) is 38.8 Å². The van der Waals surface area contributed by atoms with Gasteiger partial charge in [-0.15, -0.1) is 0 Å². The van der Waals surface area contributed by atoms with Crippen LogP contribution in [0.1, 0.15) is 0 Å². The van der Waals surface area contributed by atoms with Crippen molar-refractivity contribution in [1.82, 2.24) is 19.6 Å². The Hall–Kier alpha value is -2.16. The van der Waals surface area contributed by atoms with Gasteiger partial charge in [0, 0.05) is 52.4 Å². The van der Waals surface area contributed by atoms with Crippen LogP contribution in [0, 0.1) is 0 Å². The lowest BCUT2D eigenvalue weighted by atomic mass is 10.1. The van der Waals surface area contributed by atoms with E-state index in [9.17, 15) is 39.6 Å². The molecule has 13 heteroatoms. The second kappa shape index (κ2) is 14.0. The van der Waals surface area contributed by atoms with E-state index in [-0.39, 0.29) is 72.0 Å². The van der Waals surface area contributed by atoms with Gasteiger partial charge >= 0.3 is 17.9 Å². The lowest BCUT2D eigenvalue weighted by Gasteiger charge is -2.35. The van der Waals surface area contributed by atoms with Crippen LogP contribution in [0.2, 0.25) is 0 Å². The van der Waals surface area contributed by atoms with Crippen molar-refractivity contribution < 1.29 is 44.7 Å². The van der Waals surface area contributed by atoms with Crippen LogP contribution in [0.25, 0.3) is 0 Å². The average Bonchev–Trinajstić information content (AvgIpc) is 2.68. The number of rotatable bonds is 10. The van der Waals surface area contributed by atoms with Crippen LogP contribution >= 0.6 is 0 Å². The summed E-state index contributed by atoms with van der Waals surface area (Å²) in [5.74, 6) is -3.74. The molecule has 1 atom stereocenters. The normalized spacial score (nSPS) is 19.8. The van der Waals surface area contributed by atoms with Crippen LogP contribution < -0.4 is 0 Å². The summed E-state index contributed by atoms with van der Waals surface area (Å²) in [5, 5.41) is 46.4. The Bertz CT molecular complexity index is 587. The maximum atomic E-state index is 12.1. The third kappa shape index (κ3) is 10.6. The third-order valence-corrected chi connectivity index (χ3v) is 5.09. The van der Waals surface area contributed by atoms with Crippen LogP contribution in [0.3, 0.4) is 0 Å². The Labute approximate surface area is 180 Å². The van der Waals surface area contributed by atoms with Crippen molar-refractivity contribution in [2.45, 2.75) is 6.04 Å². The molecule has 0 saturated carbocycles. The van der Waals surface area contributed by atoms with E-state index in [2.05, 4.69) is 0 Å². The van der Waals surface area contributed by atoms with E-state index in [1.807, 2.05) is 0 Å². The minimum Gasteiger partial charge on any atom is -0.480 e. The molecular weight excluding hydrogens is 416 g/mol. The van der Waals surface area contributed by atoms with Gasteiger partial charge in [-0.25, -0.2) is 0 Å². The first-order chi connectivity index (χ1) is 14.7. The number of carboxylic acids is 3. The van der Waals surface area contributed by atoms with Gasteiger partial charge in [0.2, 0.25) is 0 Å². The van der Waals surface area contributed by atoms with Crippen molar-refractivity contribution in [3.05, 3.63) is 0 Å². The largest absolute Gasteiger partial charge is 0.480 e. The molecule has 0 aliphatic carbocycles. The molecule has 0 radical (unpaired) electrons. The number of aliphatic hydroxyl groups is 2. The summed E-state index contributed by atoms with van der Waals surface area (Å²) in [6.45, 7) is -0.238. The summed E-state index contributed by atoms with van der Waals surface area (Å²) in [4.78, 5) is 52.1. The highest BCUT2D eigenvalue weighted by atomic mass is 16.4. The minimum absolute atomic E-state index is 0.199. The van der Waals surface area contributed by atoms with Crippen molar-refractivity contribution >= 4 is 23.7 Å². The molecule has 1 saturated heterocycles. The second-order valence-electron chi connectivity index (χ2n) is 7.37. The summed E-state index contributed by atoms with van der Waals surface area (Å²) in [6, 6.07) is -0.991. The lowest BCUT2D eigenvalue weighted by molar-refractivity contribution is -0.141. The average molecular weight is 448 g/mol. The molecule has 5 N–H and O–H groups in total. The highest BCUT2D eigenvalue weighted by Gasteiger charge is 2.27. The zero-order chi connectivity index (χ0) is 23.4. The van der Waals surface area contributed by atoms with Gasteiger partial charge in [0.05, 0.1) is 32.3 Å². The van der Waals surface area contributed by atoms with Crippen LogP contribution in [0.4, 0.5) is 0 Å². The molecule has 0 aromatic carbocycles. The van der Waals surface area contributed by atoms with Gasteiger partial charge in [-0.05, 0) is 0 Å². The molecule has 0 aromatic rings. The smallest absolute Gasteiger partial charge is 0.317 e. The van der Waals surface area contributed by atoms with Crippen molar-refractivity contribution in [2.24, 2.45) is 0 Å². The van der Waals surface area contributed by atoms with Gasteiger partial charge in [-0.1, -0.05) is 0 Å². The zero-order valence-corrected chi connectivity index (χ0v) is 17.4. The number of aliphatic carboxylic acids is 3. The summed E-state index contributed by atoms with van der Waals surface area (Å²) in [5.41, 5.74) is 0. The Kier molecular flexibility index (Phi) is 12.1.